The molecule has 2 rings (SSSR count). The number of hydrogen-bond donors (Lipinski definition) is 0. The molecule has 30 heavy (non-hydrogen) atoms. The molecule has 0 aliphatic rings. The maximum atomic E-state index is 13.0. The Labute approximate surface area is 178 Å². The summed E-state index contributed by atoms with van der Waals surface area (Å²) in [6.45, 7) is 1.85. The molecule has 0 aliphatic carbocycles. The van der Waals surface area contributed by atoms with Crippen LogP contribution < -0.4 is 18.5 Å². The van der Waals surface area contributed by atoms with Gasteiger partial charge in [0, 0.05) is 13.6 Å². The van der Waals surface area contributed by atoms with E-state index in [4.69, 9.17) is 14.2 Å². The molecule has 1 amide bonds. The van der Waals surface area contributed by atoms with Gasteiger partial charge in [0.05, 0.1) is 33.3 Å². The van der Waals surface area contributed by atoms with Crippen molar-refractivity contribution >= 4 is 21.6 Å². The molecule has 0 aromatic heterocycles. The number of sulfonamides is 1. The minimum absolute atomic E-state index is 0.281. The summed E-state index contributed by atoms with van der Waals surface area (Å²) >= 11 is 0. The zero-order valence-electron chi connectivity index (χ0n) is 18.1. The molecule has 9 heteroatoms. The van der Waals surface area contributed by atoms with Crippen LogP contribution in [0.25, 0.3) is 0 Å². The molecule has 0 N–H and O–H groups in total. The van der Waals surface area contributed by atoms with Crippen LogP contribution in [0, 0.1) is 0 Å². The molecule has 0 radical (unpaired) electrons. The number of ether oxygens (including phenoxy) is 3. The first-order valence-electron chi connectivity index (χ1n) is 9.21. The van der Waals surface area contributed by atoms with Crippen LogP contribution in [0.5, 0.6) is 17.2 Å². The van der Waals surface area contributed by atoms with Gasteiger partial charge in [-0.25, -0.2) is 8.42 Å². The number of nitrogens with zero attached hydrogens (tertiary/aromatic N) is 2. The molecule has 0 bridgehead atoms. The van der Waals surface area contributed by atoms with Crippen LogP contribution >= 0.6 is 0 Å². The minimum atomic E-state index is -3.70. The van der Waals surface area contributed by atoms with Gasteiger partial charge in [-0.2, -0.15) is 0 Å². The van der Waals surface area contributed by atoms with Gasteiger partial charge < -0.3 is 19.1 Å². The number of likely N-dealkylation sites (N-methyl/N-ethyl adjacent to an activating group) is 1. The molecular weight excluding hydrogens is 408 g/mol. The number of carbonyl (C=O) groups is 1. The lowest BCUT2D eigenvalue weighted by Crippen LogP contribution is -2.48. The fourth-order valence-electron chi connectivity index (χ4n) is 3.18. The van der Waals surface area contributed by atoms with E-state index in [9.17, 15) is 13.2 Å². The number of benzene rings is 2. The fourth-order valence-corrected chi connectivity index (χ4v) is 4.35. The van der Waals surface area contributed by atoms with E-state index in [1.54, 1.807) is 57.5 Å². The van der Waals surface area contributed by atoms with Gasteiger partial charge in [0.1, 0.15) is 11.8 Å². The Morgan fingerprint density at radius 3 is 2.07 bits per heavy atom. The van der Waals surface area contributed by atoms with Gasteiger partial charge in [-0.15, -0.1) is 0 Å². The molecular formula is C21H28N2O6S. The van der Waals surface area contributed by atoms with Crippen LogP contribution in [0.15, 0.2) is 42.5 Å². The molecule has 0 saturated heterocycles. The topological polar surface area (TPSA) is 85.4 Å². The molecule has 164 valence electrons. The minimum Gasteiger partial charge on any atom is -0.497 e. The molecule has 0 unspecified atom stereocenters. The third-order valence-corrected chi connectivity index (χ3v) is 5.88. The number of amides is 1. The van der Waals surface area contributed by atoms with Gasteiger partial charge in [0.15, 0.2) is 11.5 Å². The van der Waals surface area contributed by atoms with E-state index in [-0.39, 0.29) is 12.5 Å². The predicted molar refractivity (Wildman–Crippen MR) is 116 cm³/mol. The number of rotatable bonds is 9. The molecule has 0 spiro atoms. The smallest absolute Gasteiger partial charge is 0.246 e. The highest BCUT2D eigenvalue weighted by Gasteiger charge is 2.31. The highest BCUT2D eigenvalue weighted by molar-refractivity contribution is 7.92. The Bertz CT molecular complexity index is 975. The van der Waals surface area contributed by atoms with Crippen molar-refractivity contribution in [1.82, 2.24) is 4.90 Å². The van der Waals surface area contributed by atoms with Crippen LogP contribution in [0.2, 0.25) is 0 Å². The summed E-state index contributed by atoms with van der Waals surface area (Å²) in [6.07, 6.45) is 1.08. The molecule has 2 aromatic rings. The Morgan fingerprint density at radius 1 is 0.967 bits per heavy atom. The van der Waals surface area contributed by atoms with Crippen LogP contribution in [-0.2, 0) is 21.4 Å². The Kier molecular flexibility index (Phi) is 7.55. The predicted octanol–water partition coefficient (Wildman–Crippen LogP) is 2.53. The first-order chi connectivity index (χ1) is 14.1. The Balaban J connectivity index is 2.25. The van der Waals surface area contributed by atoms with Gasteiger partial charge in [-0.1, -0.05) is 6.07 Å². The van der Waals surface area contributed by atoms with Crippen molar-refractivity contribution in [1.29, 1.82) is 0 Å². The summed E-state index contributed by atoms with van der Waals surface area (Å²) in [6, 6.07) is 11.0. The first kappa shape index (κ1) is 23.3. The van der Waals surface area contributed by atoms with Gasteiger partial charge in [0.2, 0.25) is 15.9 Å². The lowest BCUT2D eigenvalue weighted by Gasteiger charge is -2.31. The standard InChI is InChI=1S/C21H28N2O6S/c1-15(23(30(6,25)26)17-8-10-18(27-3)11-9-17)21(24)22(2)14-16-7-12-19(28-4)20(13-16)29-5/h7-13,15H,14H2,1-6H3/t15-/m0/s1. The van der Waals surface area contributed by atoms with Crippen molar-refractivity contribution in [3.05, 3.63) is 48.0 Å². The van der Waals surface area contributed by atoms with E-state index in [2.05, 4.69) is 0 Å². The summed E-state index contributed by atoms with van der Waals surface area (Å²) < 4.78 is 41.7. The van der Waals surface area contributed by atoms with E-state index in [0.29, 0.717) is 22.9 Å². The second kappa shape index (κ2) is 9.71. The SMILES string of the molecule is COc1ccc(N([C@@H](C)C(=O)N(C)Cc2ccc(OC)c(OC)c2)S(C)(=O)=O)cc1. The largest absolute Gasteiger partial charge is 0.497 e. The van der Waals surface area contributed by atoms with Crippen LogP contribution in [-0.4, -0.2) is 59.9 Å². The quantitative estimate of drug-likeness (QED) is 0.601. The normalized spacial score (nSPS) is 12.1. The fraction of sp³-hybridized carbons (Fsp3) is 0.381. The maximum absolute atomic E-state index is 13.0. The Hall–Kier alpha value is -2.94. The highest BCUT2D eigenvalue weighted by Crippen LogP contribution is 2.28. The third-order valence-electron chi connectivity index (χ3n) is 4.64. The summed E-state index contributed by atoms with van der Waals surface area (Å²) in [7, 11) is 2.54. The molecule has 8 nitrogen and oxygen atoms in total. The zero-order valence-corrected chi connectivity index (χ0v) is 18.9. The molecule has 0 heterocycles. The van der Waals surface area contributed by atoms with Crippen molar-refractivity contribution in [2.75, 3.05) is 38.9 Å². The van der Waals surface area contributed by atoms with Crippen LogP contribution in [0.4, 0.5) is 5.69 Å². The van der Waals surface area contributed by atoms with Crippen molar-refractivity contribution < 1.29 is 27.4 Å². The number of carbonyl (C=O) groups excluding carboxylic acids is 1. The van der Waals surface area contributed by atoms with E-state index in [0.717, 1.165) is 16.1 Å². The second-order valence-electron chi connectivity index (χ2n) is 6.82. The van der Waals surface area contributed by atoms with E-state index in [1.165, 1.54) is 19.1 Å². The van der Waals surface area contributed by atoms with Crippen molar-refractivity contribution in [2.24, 2.45) is 0 Å². The van der Waals surface area contributed by atoms with Gasteiger partial charge in [0.25, 0.3) is 0 Å². The van der Waals surface area contributed by atoms with Gasteiger partial charge >= 0.3 is 0 Å². The molecule has 0 aliphatic heterocycles. The first-order valence-corrected chi connectivity index (χ1v) is 11.1. The summed E-state index contributed by atoms with van der Waals surface area (Å²) in [5, 5.41) is 0. The lowest BCUT2D eigenvalue weighted by atomic mass is 10.1. The number of anilines is 1. The number of methoxy groups -OCH3 is 3. The maximum Gasteiger partial charge on any atom is 0.246 e. The van der Waals surface area contributed by atoms with Crippen molar-refractivity contribution in [3.63, 3.8) is 0 Å². The van der Waals surface area contributed by atoms with Crippen LogP contribution in [0.3, 0.4) is 0 Å². The second-order valence-corrected chi connectivity index (χ2v) is 8.68. The van der Waals surface area contributed by atoms with Gasteiger partial charge in [-0.05, 0) is 48.9 Å². The average Bonchev–Trinajstić information content (AvgIpc) is 2.72. The zero-order chi connectivity index (χ0) is 22.5. The lowest BCUT2D eigenvalue weighted by molar-refractivity contribution is -0.131. The average molecular weight is 437 g/mol. The highest BCUT2D eigenvalue weighted by atomic mass is 32.2. The molecule has 1 atom stereocenters. The molecule has 2 aromatic carbocycles. The molecule has 0 saturated carbocycles. The van der Waals surface area contributed by atoms with E-state index >= 15 is 0 Å². The molecule has 0 fully saturated rings. The van der Waals surface area contributed by atoms with Crippen molar-refractivity contribution in [3.8, 4) is 17.2 Å². The van der Waals surface area contributed by atoms with Crippen molar-refractivity contribution in [2.45, 2.75) is 19.5 Å². The monoisotopic (exact) mass is 436 g/mol. The number of hydrogen-bond acceptors (Lipinski definition) is 6. The van der Waals surface area contributed by atoms with E-state index in [1.807, 2.05) is 6.07 Å². The summed E-state index contributed by atoms with van der Waals surface area (Å²) in [4.78, 5) is 14.5. The Morgan fingerprint density at radius 2 is 1.57 bits per heavy atom. The third kappa shape index (κ3) is 5.35. The summed E-state index contributed by atoms with van der Waals surface area (Å²) in [5.74, 6) is 1.40. The van der Waals surface area contributed by atoms with E-state index < -0.39 is 16.1 Å². The summed E-state index contributed by atoms with van der Waals surface area (Å²) in [5.41, 5.74) is 1.21. The van der Waals surface area contributed by atoms with Gasteiger partial charge in [-0.3, -0.25) is 9.10 Å². The van der Waals surface area contributed by atoms with Crippen LogP contribution in [0.1, 0.15) is 12.5 Å².